The lowest BCUT2D eigenvalue weighted by atomic mass is 9.97. The average molecular weight is 606 g/mol. The van der Waals surface area contributed by atoms with Crippen molar-refractivity contribution in [2.75, 3.05) is 47.5 Å². The fourth-order valence-corrected chi connectivity index (χ4v) is 5.55. The van der Waals surface area contributed by atoms with Crippen LogP contribution in [0.2, 0.25) is 0 Å². The summed E-state index contributed by atoms with van der Waals surface area (Å²) in [5.74, 6) is 0.285. The number of piperazine rings is 1. The van der Waals surface area contributed by atoms with E-state index in [0.717, 1.165) is 16.5 Å². The standard InChI is InChI=1S/C31H38F3N3O6/c1-19-14-25(40-5)23(21-10-11-37(27(19)21)29(39)43-30(2,3)4)16-36-13-12-35(18-31(32,33)34)17-24(36)20-8-9-22(28(38)42-7)26(15-20)41-6/h8-11,14-15,24H,12-13,16-18H2,1-7H3. The Morgan fingerprint density at radius 1 is 0.977 bits per heavy atom. The average Bonchev–Trinajstić information content (AvgIpc) is 3.39. The summed E-state index contributed by atoms with van der Waals surface area (Å²) in [5.41, 5.74) is 2.48. The van der Waals surface area contributed by atoms with Crippen molar-refractivity contribution < 1.29 is 41.7 Å². The zero-order chi connectivity index (χ0) is 31.7. The van der Waals surface area contributed by atoms with E-state index in [1.165, 1.54) is 23.7 Å². The fraction of sp³-hybridized carbons (Fsp3) is 0.484. The summed E-state index contributed by atoms with van der Waals surface area (Å²) in [6, 6.07) is 8.14. The molecule has 2 aromatic carbocycles. The molecule has 1 fully saturated rings. The number of fused-ring (bicyclic) bond motifs is 1. The topological polar surface area (TPSA) is 82.5 Å². The van der Waals surface area contributed by atoms with Gasteiger partial charge in [0.1, 0.15) is 22.7 Å². The van der Waals surface area contributed by atoms with Crippen LogP contribution in [0.3, 0.4) is 0 Å². The number of carbonyl (C=O) groups excluding carboxylic acids is 2. The largest absolute Gasteiger partial charge is 0.496 e. The molecule has 1 aromatic heterocycles. The van der Waals surface area contributed by atoms with Gasteiger partial charge in [-0.05, 0) is 63.1 Å². The third kappa shape index (κ3) is 7.24. The third-order valence-electron chi connectivity index (χ3n) is 7.40. The number of aromatic nitrogens is 1. The number of esters is 1. The first-order chi connectivity index (χ1) is 20.2. The number of halogens is 3. The van der Waals surface area contributed by atoms with Crippen LogP contribution in [0.1, 0.15) is 53.9 Å². The van der Waals surface area contributed by atoms with Crippen molar-refractivity contribution in [2.45, 2.75) is 52.1 Å². The highest BCUT2D eigenvalue weighted by Gasteiger charge is 2.37. The van der Waals surface area contributed by atoms with Crippen LogP contribution >= 0.6 is 0 Å². The first kappa shape index (κ1) is 32.2. The smallest absolute Gasteiger partial charge is 0.419 e. The van der Waals surface area contributed by atoms with Crippen LogP contribution in [0.5, 0.6) is 11.5 Å². The Kier molecular flexibility index (Phi) is 9.31. The van der Waals surface area contributed by atoms with E-state index >= 15 is 0 Å². The van der Waals surface area contributed by atoms with Gasteiger partial charge >= 0.3 is 18.2 Å². The molecule has 1 atom stereocenters. The predicted molar refractivity (Wildman–Crippen MR) is 155 cm³/mol. The zero-order valence-corrected chi connectivity index (χ0v) is 25.5. The number of hydrogen-bond donors (Lipinski definition) is 0. The number of rotatable bonds is 7. The highest BCUT2D eigenvalue weighted by molar-refractivity contribution is 5.95. The maximum absolute atomic E-state index is 13.4. The number of alkyl halides is 3. The Morgan fingerprint density at radius 2 is 1.67 bits per heavy atom. The van der Waals surface area contributed by atoms with E-state index in [2.05, 4.69) is 4.90 Å². The van der Waals surface area contributed by atoms with Crippen molar-refractivity contribution in [1.82, 2.24) is 14.4 Å². The van der Waals surface area contributed by atoms with Crippen molar-refractivity contribution in [2.24, 2.45) is 0 Å². The van der Waals surface area contributed by atoms with Crippen molar-refractivity contribution >= 4 is 23.0 Å². The summed E-state index contributed by atoms with van der Waals surface area (Å²) in [6.07, 6.45) is -3.21. The van der Waals surface area contributed by atoms with Crippen LogP contribution in [0.25, 0.3) is 10.9 Å². The maximum Gasteiger partial charge on any atom is 0.419 e. The van der Waals surface area contributed by atoms with Crippen LogP contribution in [0, 0.1) is 6.92 Å². The van der Waals surface area contributed by atoms with Gasteiger partial charge < -0.3 is 18.9 Å². The number of aryl methyl sites for hydroxylation is 1. The summed E-state index contributed by atoms with van der Waals surface area (Å²) in [4.78, 5) is 28.8. The molecular formula is C31H38F3N3O6. The second kappa shape index (κ2) is 12.5. The molecule has 3 aromatic rings. The van der Waals surface area contributed by atoms with Gasteiger partial charge in [0.15, 0.2) is 0 Å². The summed E-state index contributed by atoms with van der Waals surface area (Å²) in [7, 11) is 4.24. The van der Waals surface area contributed by atoms with E-state index in [0.29, 0.717) is 29.9 Å². The summed E-state index contributed by atoms with van der Waals surface area (Å²) >= 11 is 0. The number of benzene rings is 2. The monoisotopic (exact) mass is 605 g/mol. The quantitative estimate of drug-likeness (QED) is 0.306. The molecule has 1 unspecified atom stereocenters. The normalized spacial score (nSPS) is 16.7. The Hall–Kier alpha value is -3.77. The molecular weight excluding hydrogens is 567 g/mol. The Balaban J connectivity index is 1.77. The van der Waals surface area contributed by atoms with Gasteiger partial charge in [0.25, 0.3) is 0 Å². The lowest BCUT2D eigenvalue weighted by Crippen LogP contribution is -2.50. The van der Waals surface area contributed by atoms with E-state index < -0.39 is 36.4 Å². The van der Waals surface area contributed by atoms with Gasteiger partial charge in [-0.15, -0.1) is 0 Å². The number of ether oxygens (including phenoxy) is 4. The van der Waals surface area contributed by atoms with Crippen LogP contribution in [-0.2, 0) is 16.0 Å². The van der Waals surface area contributed by atoms with Gasteiger partial charge in [0, 0.05) is 49.4 Å². The molecule has 12 heteroatoms. The molecule has 9 nitrogen and oxygen atoms in total. The van der Waals surface area contributed by atoms with Gasteiger partial charge in [-0.3, -0.25) is 14.4 Å². The zero-order valence-electron chi connectivity index (χ0n) is 25.5. The fourth-order valence-electron chi connectivity index (χ4n) is 5.55. The summed E-state index contributed by atoms with van der Waals surface area (Å²) < 4.78 is 63.4. The molecule has 43 heavy (non-hydrogen) atoms. The van der Waals surface area contributed by atoms with Crippen LogP contribution < -0.4 is 9.47 Å². The molecule has 2 heterocycles. The predicted octanol–water partition coefficient (Wildman–Crippen LogP) is 5.96. The minimum atomic E-state index is -4.35. The second-order valence-electron chi connectivity index (χ2n) is 11.6. The molecule has 0 spiro atoms. The maximum atomic E-state index is 13.4. The van der Waals surface area contributed by atoms with Crippen LogP contribution in [0.15, 0.2) is 36.5 Å². The Labute approximate surface area is 249 Å². The SMILES string of the molecule is COC(=O)c1ccc(C2CN(CC(F)(F)F)CCN2Cc2c(OC)cc(C)c3c2ccn3C(=O)OC(C)(C)C)cc1OC. The molecule has 234 valence electrons. The summed E-state index contributed by atoms with van der Waals surface area (Å²) in [5, 5.41) is 0.776. The minimum Gasteiger partial charge on any atom is -0.496 e. The Bertz CT molecular complexity index is 1490. The van der Waals surface area contributed by atoms with Gasteiger partial charge in [-0.2, -0.15) is 13.2 Å². The molecule has 4 rings (SSSR count). The van der Waals surface area contributed by atoms with Crippen LogP contribution in [-0.4, -0.2) is 85.7 Å². The first-order valence-electron chi connectivity index (χ1n) is 13.9. The van der Waals surface area contributed by atoms with Crippen molar-refractivity contribution in [3.8, 4) is 11.5 Å². The van der Waals surface area contributed by atoms with Gasteiger partial charge in [-0.25, -0.2) is 9.59 Å². The van der Waals surface area contributed by atoms with Crippen molar-refractivity contribution in [1.29, 1.82) is 0 Å². The molecule has 0 radical (unpaired) electrons. The van der Waals surface area contributed by atoms with E-state index in [-0.39, 0.29) is 24.4 Å². The van der Waals surface area contributed by atoms with E-state index in [9.17, 15) is 22.8 Å². The number of methoxy groups -OCH3 is 3. The third-order valence-corrected chi connectivity index (χ3v) is 7.40. The number of hydrogen-bond acceptors (Lipinski definition) is 8. The first-order valence-corrected chi connectivity index (χ1v) is 13.9. The molecule has 1 saturated heterocycles. The van der Waals surface area contributed by atoms with Crippen molar-refractivity contribution in [3.05, 3.63) is 58.8 Å². The van der Waals surface area contributed by atoms with E-state index in [1.54, 1.807) is 52.3 Å². The van der Waals surface area contributed by atoms with Crippen LogP contribution in [0.4, 0.5) is 18.0 Å². The lowest BCUT2D eigenvalue weighted by Gasteiger charge is -2.42. The van der Waals surface area contributed by atoms with Crippen molar-refractivity contribution in [3.63, 3.8) is 0 Å². The molecule has 0 amide bonds. The minimum absolute atomic E-state index is 0.0937. The molecule has 1 aliphatic heterocycles. The lowest BCUT2D eigenvalue weighted by molar-refractivity contribution is -0.152. The van der Waals surface area contributed by atoms with Gasteiger partial charge in [0.05, 0.1) is 33.4 Å². The molecule has 0 aliphatic carbocycles. The van der Waals surface area contributed by atoms with E-state index in [1.807, 2.05) is 19.1 Å². The van der Waals surface area contributed by atoms with Gasteiger partial charge in [-0.1, -0.05) is 6.07 Å². The highest BCUT2D eigenvalue weighted by atomic mass is 19.4. The summed E-state index contributed by atoms with van der Waals surface area (Å²) in [6.45, 7) is 7.17. The van der Waals surface area contributed by atoms with E-state index in [4.69, 9.17) is 18.9 Å². The highest BCUT2D eigenvalue weighted by Crippen LogP contribution is 2.37. The second-order valence-corrected chi connectivity index (χ2v) is 11.6. The Morgan fingerprint density at radius 3 is 2.28 bits per heavy atom. The molecule has 0 N–H and O–H groups in total. The molecule has 1 aliphatic rings. The number of carbonyl (C=O) groups is 2. The number of nitrogens with zero attached hydrogens (tertiary/aromatic N) is 3. The molecule has 0 bridgehead atoms. The molecule has 0 saturated carbocycles. The van der Waals surface area contributed by atoms with Gasteiger partial charge in [0.2, 0.25) is 0 Å².